The third-order valence-corrected chi connectivity index (χ3v) is 6.64. The fourth-order valence-electron chi connectivity index (χ4n) is 4.84. The second kappa shape index (κ2) is 9.68. The fraction of sp³-hybridized carbons (Fsp3) is 0.400. The van der Waals surface area contributed by atoms with Crippen LogP contribution in [0, 0.1) is 5.92 Å². The third kappa shape index (κ3) is 4.50. The molecule has 1 fully saturated rings. The van der Waals surface area contributed by atoms with E-state index in [0.29, 0.717) is 0 Å². The highest BCUT2D eigenvalue weighted by molar-refractivity contribution is 7.59. The Morgan fingerprint density at radius 2 is 1.77 bits per heavy atom. The monoisotopic (exact) mass is 456 g/mol. The quantitative estimate of drug-likeness (QED) is 0.457. The van der Waals surface area contributed by atoms with Crippen LogP contribution in [0.25, 0.3) is 16.9 Å². The van der Waals surface area contributed by atoms with Gasteiger partial charge in [0.2, 0.25) is 0 Å². The molecule has 0 amide bonds. The SMILES string of the molecule is COc1ccccc1-n1nc2c(c1-c1ccc(Cl)cc1)C[C@H](OCC1CCCC1)C2.S. The number of halogens is 1. The zero-order valence-electron chi connectivity index (χ0n) is 17.8. The van der Waals surface area contributed by atoms with Crippen molar-refractivity contribution in [3.63, 3.8) is 0 Å². The minimum absolute atomic E-state index is 0. The second-order valence-corrected chi connectivity index (χ2v) is 8.81. The average Bonchev–Trinajstić information content (AvgIpc) is 3.49. The molecule has 0 unspecified atom stereocenters. The minimum Gasteiger partial charge on any atom is -0.494 e. The molecule has 1 aromatic heterocycles. The zero-order chi connectivity index (χ0) is 20.5. The van der Waals surface area contributed by atoms with Crippen molar-refractivity contribution in [2.45, 2.75) is 44.6 Å². The number of methoxy groups -OCH3 is 1. The van der Waals surface area contributed by atoms with Gasteiger partial charge < -0.3 is 9.47 Å². The maximum atomic E-state index is 6.33. The summed E-state index contributed by atoms with van der Waals surface area (Å²) in [6, 6.07) is 16.0. The lowest BCUT2D eigenvalue weighted by Gasteiger charge is -2.17. The summed E-state index contributed by atoms with van der Waals surface area (Å²) < 4.78 is 14.0. The van der Waals surface area contributed by atoms with Gasteiger partial charge >= 0.3 is 0 Å². The van der Waals surface area contributed by atoms with Gasteiger partial charge in [0.1, 0.15) is 11.4 Å². The number of ether oxygens (including phenoxy) is 2. The lowest BCUT2D eigenvalue weighted by molar-refractivity contribution is 0.0363. The van der Waals surface area contributed by atoms with Crippen molar-refractivity contribution in [3.05, 3.63) is 64.8 Å². The molecule has 3 aromatic rings. The van der Waals surface area contributed by atoms with Crippen LogP contribution in [0.2, 0.25) is 5.02 Å². The number of hydrogen-bond acceptors (Lipinski definition) is 3. The molecule has 0 bridgehead atoms. The predicted octanol–water partition coefficient (Wildman–Crippen LogP) is 5.99. The second-order valence-electron chi connectivity index (χ2n) is 8.38. The van der Waals surface area contributed by atoms with Gasteiger partial charge in [0.25, 0.3) is 0 Å². The molecule has 1 atom stereocenters. The van der Waals surface area contributed by atoms with Crippen LogP contribution in [-0.2, 0) is 17.6 Å². The molecule has 164 valence electrons. The van der Waals surface area contributed by atoms with Crippen LogP contribution >= 0.6 is 25.1 Å². The summed E-state index contributed by atoms with van der Waals surface area (Å²) >= 11 is 6.16. The number of para-hydroxylation sites is 2. The van der Waals surface area contributed by atoms with E-state index in [1.807, 2.05) is 35.0 Å². The first-order valence-electron chi connectivity index (χ1n) is 10.8. The number of hydrogen-bond donors (Lipinski definition) is 0. The molecule has 0 N–H and O–H groups in total. The van der Waals surface area contributed by atoms with Gasteiger partial charge in [0.15, 0.2) is 0 Å². The van der Waals surface area contributed by atoms with Crippen molar-refractivity contribution < 1.29 is 9.47 Å². The summed E-state index contributed by atoms with van der Waals surface area (Å²) in [5.41, 5.74) is 5.57. The van der Waals surface area contributed by atoms with Crippen LogP contribution in [-0.4, -0.2) is 29.6 Å². The molecule has 0 saturated heterocycles. The van der Waals surface area contributed by atoms with Gasteiger partial charge in [-0.15, -0.1) is 0 Å². The summed E-state index contributed by atoms with van der Waals surface area (Å²) in [6.45, 7) is 0.887. The summed E-state index contributed by atoms with van der Waals surface area (Å²) in [6.07, 6.45) is 7.32. The first kappa shape index (κ1) is 22.3. The van der Waals surface area contributed by atoms with E-state index in [1.165, 1.54) is 31.2 Å². The Bertz CT molecular complexity index is 1030. The van der Waals surface area contributed by atoms with Crippen molar-refractivity contribution in [1.82, 2.24) is 9.78 Å². The lowest BCUT2D eigenvalue weighted by atomic mass is 10.1. The first-order valence-corrected chi connectivity index (χ1v) is 11.2. The van der Waals surface area contributed by atoms with E-state index in [2.05, 4.69) is 18.2 Å². The van der Waals surface area contributed by atoms with Crippen molar-refractivity contribution in [1.29, 1.82) is 0 Å². The van der Waals surface area contributed by atoms with Gasteiger partial charge in [-0.25, -0.2) is 4.68 Å². The molecule has 2 aliphatic rings. The highest BCUT2D eigenvalue weighted by Gasteiger charge is 2.32. The highest BCUT2D eigenvalue weighted by atomic mass is 35.5. The van der Waals surface area contributed by atoms with Crippen molar-refractivity contribution in [2.24, 2.45) is 5.92 Å². The first-order chi connectivity index (χ1) is 14.7. The van der Waals surface area contributed by atoms with Gasteiger partial charge in [-0.2, -0.15) is 18.6 Å². The van der Waals surface area contributed by atoms with Crippen molar-refractivity contribution in [2.75, 3.05) is 13.7 Å². The third-order valence-electron chi connectivity index (χ3n) is 6.39. The Balaban J connectivity index is 0.00000231. The average molecular weight is 457 g/mol. The molecule has 31 heavy (non-hydrogen) atoms. The van der Waals surface area contributed by atoms with E-state index >= 15 is 0 Å². The van der Waals surface area contributed by atoms with Crippen LogP contribution in [0.5, 0.6) is 5.75 Å². The molecule has 4 nitrogen and oxygen atoms in total. The Kier molecular flexibility index (Phi) is 6.95. The maximum Gasteiger partial charge on any atom is 0.144 e. The Labute approximate surface area is 196 Å². The largest absolute Gasteiger partial charge is 0.494 e. The zero-order valence-corrected chi connectivity index (χ0v) is 19.6. The number of fused-ring (bicyclic) bond motifs is 1. The molecule has 2 aliphatic carbocycles. The minimum atomic E-state index is 0. The molecule has 1 heterocycles. The predicted molar refractivity (Wildman–Crippen MR) is 130 cm³/mol. The number of nitrogens with zero attached hydrogens (tertiary/aromatic N) is 2. The van der Waals surface area contributed by atoms with Crippen molar-refractivity contribution >= 4 is 25.1 Å². The molecule has 5 rings (SSSR count). The normalized spacial score (nSPS) is 18.1. The standard InChI is InChI=1S/C25H27ClN2O2.H2S/c1-29-24-9-5-4-8-23(24)28-25(18-10-12-19(26)13-11-18)21-14-20(15-22(21)27-28)30-16-17-6-2-3-7-17;/h4-5,8-13,17,20H,2-3,6-7,14-16H2,1H3;1H2/t20-;/m0./s1. The van der Waals surface area contributed by atoms with Crippen LogP contribution in [0.4, 0.5) is 0 Å². The maximum absolute atomic E-state index is 6.33. The van der Waals surface area contributed by atoms with E-state index in [1.54, 1.807) is 7.11 Å². The fourth-order valence-corrected chi connectivity index (χ4v) is 4.97. The van der Waals surface area contributed by atoms with E-state index in [9.17, 15) is 0 Å². The number of benzene rings is 2. The number of rotatable bonds is 6. The summed E-state index contributed by atoms with van der Waals surface area (Å²) in [5, 5.41) is 5.75. The molecule has 2 aromatic carbocycles. The number of aromatic nitrogens is 2. The van der Waals surface area contributed by atoms with Gasteiger partial charge in [-0.05, 0) is 43.0 Å². The Morgan fingerprint density at radius 3 is 2.52 bits per heavy atom. The van der Waals surface area contributed by atoms with Gasteiger partial charge in [-0.1, -0.05) is 48.7 Å². The highest BCUT2D eigenvalue weighted by Crippen LogP contribution is 2.38. The van der Waals surface area contributed by atoms with Gasteiger partial charge in [0, 0.05) is 35.6 Å². The van der Waals surface area contributed by atoms with E-state index < -0.39 is 0 Å². The van der Waals surface area contributed by atoms with Crippen LogP contribution < -0.4 is 4.74 Å². The van der Waals surface area contributed by atoms with Crippen LogP contribution in [0.3, 0.4) is 0 Å². The van der Waals surface area contributed by atoms with Crippen LogP contribution in [0.15, 0.2) is 48.5 Å². The molecular formula is C25H29ClN2O2S. The van der Waals surface area contributed by atoms with Crippen LogP contribution in [0.1, 0.15) is 36.9 Å². The summed E-state index contributed by atoms with van der Waals surface area (Å²) in [7, 11) is 1.70. The molecule has 0 aliphatic heterocycles. The van der Waals surface area contributed by atoms with Gasteiger partial charge in [0.05, 0.1) is 24.6 Å². The van der Waals surface area contributed by atoms with Gasteiger partial charge in [-0.3, -0.25) is 0 Å². The van der Waals surface area contributed by atoms with Crippen molar-refractivity contribution in [3.8, 4) is 22.7 Å². The molecule has 0 spiro atoms. The Morgan fingerprint density at radius 1 is 1.03 bits per heavy atom. The summed E-state index contributed by atoms with van der Waals surface area (Å²) in [5.74, 6) is 1.55. The Hall–Kier alpha value is -1.95. The molecule has 1 saturated carbocycles. The smallest absolute Gasteiger partial charge is 0.144 e. The molecule has 6 heteroatoms. The molecule has 0 radical (unpaired) electrons. The van der Waals surface area contributed by atoms with E-state index in [-0.39, 0.29) is 19.6 Å². The van der Waals surface area contributed by atoms with E-state index in [4.69, 9.17) is 26.2 Å². The molecular weight excluding hydrogens is 428 g/mol. The lowest BCUT2D eigenvalue weighted by Crippen LogP contribution is -2.18. The topological polar surface area (TPSA) is 36.3 Å². The van der Waals surface area contributed by atoms with E-state index in [0.717, 1.165) is 58.8 Å². The summed E-state index contributed by atoms with van der Waals surface area (Å²) in [4.78, 5) is 0.